The van der Waals surface area contributed by atoms with Crippen LogP contribution in [0, 0.1) is 17.8 Å². The van der Waals surface area contributed by atoms with Gasteiger partial charge in [-0.1, -0.05) is 30.3 Å². The third kappa shape index (κ3) is 4.54. The van der Waals surface area contributed by atoms with Gasteiger partial charge in [0.05, 0.1) is 25.9 Å². The predicted molar refractivity (Wildman–Crippen MR) is 153 cm³/mol. The number of esters is 1. The van der Waals surface area contributed by atoms with E-state index in [9.17, 15) is 4.79 Å². The minimum atomic E-state index is -0.306. The third-order valence-electron chi connectivity index (χ3n) is 10.1. The summed E-state index contributed by atoms with van der Waals surface area (Å²) in [6.45, 7) is 5.55. The van der Waals surface area contributed by atoms with Crippen molar-refractivity contribution in [2.24, 2.45) is 17.8 Å². The van der Waals surface area contributed by atoms with Gasteiger partial charge in [-0.2, -0.15) is 0 Å². The molecule has 1 heterocycles. The van der Waals surface area contributed by atoms with Crippen LogP contribution in [0.1, 0.15) is 61.4 Å². The minimum Gasteiger partial charge on any atom is -0.475 e. The van der Waals surface area contributed by atoms with Gasteiger partial charge >= 0.3 is 5.97 Å². The molecule has 0 spiro atoms. The summed E-state index contributed by atoms with van der Waals surface area (Å²) in [6.07, 6.45) is 8.16. The smallest absolute Gasteiger partial charge is 0.337 e. The van der Waals surface area contributed by atoms with Crippen LogP contribution in [0.15, 0.2) is 54.6 Å². The van der Waals surface area contributed by atoms with E-state index in [0.29, 0.717) is 5.56 Å². The molecule has 8 rings (SSSR count). The number of benzene rings is 3. The molecule has 1 unspecified atom stereocenters. The average Bonchev–Trinajstić information content (AvgIpc) is 2.96. The molecule has 204 valence electrons. The number of methoxy groups -OCH3 is 1. The molecule has 0 radical (unpaired) electrons. The molecule has 39 heavy (non-hydrogen) atoms. The summed E-state index contributed by atoms with van der Waals surface area (Å²) >= 11 is 0. The molecule has 5 aliphatic rings. The first-order valence-electron chi connectivity index (χ1n) is 14.8. The highest BCUT2D eigenvalue weighted by molar-refractivity contribution is 5.99. The first-order chi connectivity index (χ1) is 19.0. The van der Waals surface area contributed by atoms with Gasteiger partial charge in [-0.05, 0) is 115 Å². The van der Waals surface area contributed by atoms with Crippen molar-refractivity contribution in [2.45, 2.75) is 57.1 Å². The largest absolute Gasteiger partial charge is 0.475 e. The second-order valence-corrected chi connectivity index (χ2v) is 12.5. The Kier molecular flexibility index (Phi) is 6.40. The van der Waals surface area contributed by atoms with Crippen LogP contribution in [0.25, 0.3) is 21.9 Å². The van der Waals surface area contributed by atoms with Crippen molar-refractivity contribution in [2.75, 3.05) is 33.4 Å². The zero-order valence-corrected chi connectivity index (χ0v) is 23.2. The van der Waals surface area contributed by atoms with Crippen molar-refractivity contribution in [1.82, 2.24) is 4.90 Å². The van der Waals surface area contributed by atoms with Gasteiger partial charge in [0.15, 0.2) is 0 Å². The number of ether oxygens (including phenoxy) is 3. The Morgan fingerprint density at radius 2 is 1.62 bits per heavy atom. The third-order valence-corrected chi connectivity index (χ3v) is 10.1. The number of carbonyl (C=O) groups excluding carboxylic acids is 1. The number of hydrogen-bond donors (Lipinski definition) is 0. The van der Waals surface area contributed by atoms with Gasteiger partial charge in [-0.15, -0.1) is 0 Å². The molecule has 0 amide bonds. The normalized spacial score (nSPS) is 28.9. The molecule has 5 heteroatoms. The van der Waals surface area contributed by atoms with Gasteiger partial charge in [-0.25, -0.2) is 4.79 Å². The van der Waals surface area contributed by atoms with Gasteiger partial charge < -0.3 is 14.2 Å². The van der Waals surface area contributed by atoms with Gasteiger partial charge in [0.1, 0.15) is 12.0 Å². The molecule has 5 fully saturated rings. The van der Waals surface area contributed by atoms with E-state index >= 15 is 0 Å². The Bertz CT molecular complexity index is 1340. The van der Waals surface area contributed by atoms with E-state index in [1.807, 2.05) is 24.3 Å². The summed E-state index contributed by atoms with van der Waals surface area (Å²) in [6, 6.07) is 19.1. The van der Waals surface area contributed by atoms with E-state index < -0.39 is 0 Å². The lowest BCUT2D eigenvalue weighted by Crippen LogP contribution is -2.49. The lowest BCUT2D eigenvalue weighted by molar-refractivity contribution is -0.0405. The summed E-state index contributed by atoms with van der Waals surface area (Å²) in [7, 11) is 1.42. The van der Waals surface area contributed by atoms with Crippen LogP contribution in [0.5, 0.6) is 5.75 Å². The average molecular weight is 526 g/mol. The fraction of sp³-hybridized carbons (Fsp3) is 0.500. The molecule has 5 nitrogen and oxygen atoms in total. The van der Waals surface area contributed by atoms with Crippen molar-refractivity contribution in [3.8, 4) is 16.9 Å². The maximum Gasteiger partial charge on any atom is 0.337 e. The molecule has 4 saturated carbocycles. The molecule has 4 bridgehead atoms. The van der Waals surface area contributed by atoms with E-state index in [1.54, 1.807) is 0 Å². The molecule has 1 atom stereocenters. The maximum absolute atomic E-state index is 12.0. The minimum absolute atomic E-state index is 0.00746. The van der Waals surface area contributed by atoms with Crippen molar-refractivity contribution in [3.63, 3.8) is 0 Å². The summed E-state index contributed by atoms with van der Waals surface area (Å²) in [5.41, 5.74) is 4.52. The molecule has 3 aromatic carbocycles. The van der Waals surface area contributed by atoms with Crippen molar-refractivity contribution in [3.05, 3.63) is 65.7 Å². The van der Waals surface area contributed by atoms with Crippen LogP contribution >= 0.6 is 0 Å². The topological polar surface area (TPSA) is 48.0 Å². The van der Waals surface area contributed by atoms with E-state index in [-0.39, 0.29) is 17.6 Å². The number of hydrogen-bond acceptors (Lipinski definition) is 5. The molecular weight excluding hydrogens is 486 g/mol. The molecule has 0 aromatic heterocycles. The first kappa shape index (κ1) is 25.1. The second-order valence-electron chi connectivity index (χ2n) is 12.5. The molecule has 3 aromatic rings. The monoisotopic (exact) mass is 525 g/mol. The molecular formula is C34H39NO4. The standard InChI is InChI=1S/C34H39NO4/c1-22(35-10-12-38-13-11-35)39-32-17-28-4-3-5-29(26-6-8-27(9-7-26)33(36)37-2)30(28)18-31(32)34-19-23-14-24(20-34)16-25(15-23)21-34/h3-9,17-18,22-25H,10-16,19-21H2,1-2H3. The molecule has 0 N–H and O–H groups in total. The van der Waals surface area contributed by atoms with Crippen LogP contribution in [-0.4, -0.2) is 50.5 Å². The lowest BCUT2D eigenvalue weighted by Gasteiger charge is -2.57. The van der Waals surface area contributed by atoms with Crippen LogP contribution in [0.2, 0.25) is 0 Å². The summed E-state index contributed by atoms with van der Waals surface area (Å²) in [5, 5.41) is 2.46. The number of morpholine rings is 1. The predicted octanol–water partition coefficient (Wildman–Crippen LogP) is 6.82. The van der Waals surface area contributed by atoms with Crippen LogP contribution in [-0.2, 0) is 14.9 Å². The second kappa shape index (κ2) is 9.94. The highest BCUT2D eigenvalue weighted by Gasteiger charge is 2.52. The Morgan fingerprint density at radius 1 is 0.949 bits per heavy atom. The highest BCUT2D eigenvalue weighted by Crippen LogP contribution is 2.62. The Labute approximate surface area is 231 Å². The molecule has 4 aliphatic carbocycles. The van der Waals surface area contributed by atoms with Gasteiger partial charge in [0.2, 0.25) is 0 Å². The van der Waals surface area contributed by atoms with E-state index in [4.69, 9.17) is 14.2 Å². The van der Waals surface area contributed by atoms with Gasteiger partial charge in [0.25, 0.3) is 0 Å². The lowest BCUT2D eigenvalue weighted by atomic mass is 9.48. The van der Waals surface area contributed by atoms with E-state index in [2.05, 4.69) is 42.2 Å². The Balaban J connectivity index is 1.33. The van der Waals surface area contributed by atoms with E-state index in [1.165, 1.54) is 67.5 Å². The summed E-state index contributed by atoms with van der Waals surface area (Å²) < 4.78 is 17.4. The van der Waals surface area contributed by atoms with Crippen molar-refractivity contribution >= 4 is 16.7 Å². The first-order valence-corrected chi connectivity index (χ1v) is 14.8. The van der Waals surface area contributed by atoms with Crippen molar-refractivity contribution < 1.29 is 19.0 Å². The van der Waals surface area contributed by atoms with Crippen LogP contribution < -0.4 is 4.74 Å². The zero-order valence-electron chi connectivity index (χ0n) is 23.2. The summed E-state index contributed by atoms with van der Waals surface area (Å²) in [5.74, 6) is 3.34. The van der Waals surface area contributed by atoms with Crippen LogP contribution in [0.4, 0.5) is 0 Å². The number of nitrogens with zero attached hydrogens (tertiary/aromatic N) is 1. The summed E-state index contributed by atoms with van der Waals surface area (Å²) in [4.78, 5) is 14.4. The molecule has 1 aliphatic heterocycles. The molecule has 1 saturated heterocycles. The Hall–Kier alpha value is -2.89. The maximum atomic E-state index is 12.0. The highest BCUT2D eigenvalue weighted by atomic mass is 16.5. The van der Waals surface area contributed by atoms with Crippen molar-refractivity contribution in [1.29, 1.82) is 0 Å². The number of rotatable bonds is 6. The quantitative estimate of drug-likeness (QED) is 0.331. The van der Waals surface area contributed by atoms with Gasteiger partial charge in [0, 0.05) is 18.7 Å². The fourth-order valence-electron chi connectivity index (χ4n) is 8.61. The SMILES string of the molecule is COC(=O)c1ccc(-c2cccc3cc(OC(C)N4CCOCC4)c(C45CC6CC(CC(C6)C4)C5)cc23)cc1. The van der Waals surface area contributed by atoms with E-state index in [0.717, 1.165) is 55.4 Å². The fourth-order valence-corrected chi connectivity index (χ4v) is 8.61. The number of fused-ring (bicyclic) bond motifs is 1. The number of carbonyl (C=O) groups is 1. The zero-order chi connectivity index (χ0) is 26.6. The Morgan fingerprint density at radius 3 is 2.26 bits per heavy atom. The van der Waals surface area contributed by atoms with Gasteiger partial charge in [-0.3, -0.25) is 4.90 Å². The van der Waals surface area contributed by atoms with Crippen LogP contribution in [0.3, 0.4) is 0 Å².